The first kappa shape index (κ1) is 17.6. The first-order valence-corrected chi connectivity index (χ1v) is 10.3. The molecule has 0 bridgehead atoms. The van der Waals surface area contributed by atoms with E-state index in [2.05, 4.69) is 40.6 Å². The molecular weight excluding hydrogens is 342 g/mol. The van der Waals surface area contributed by atoms with Gasteiger partial charge in [0.15, 0.2) is 0 Å². The quantitative estimate of drug-likeness (QED) is 0.282. The van der Waals surface area contributed by atoms with Crippen LogP contribution in [0.4, 0.5) is 0 Å². The molecular formula is C21H25N3OS. The third kappa shape index (κ3) is 3.04. The van der Waals surface area contributed by atoms with E-state index >= 15 is 0 Å². The first-order chi connectivity index (χ1) is 12.7. The van der Waals surface area contributed by atoms with Gasteiger partial charge in [-0.05, 0) is 73.7 Å². The van der Waals surface area contributed by atoms with E-state index in [1.54, 1.807) is 11.9 Å². The first-order valence-electron chi connectivity index (χ1n) is 9.44. The van der Waals surface area contributed by atoms with Gasteiger partial charge >= 0.3 is 0 Å². The third-order valence-electron chi connectivity index (χ3n) is 5.36. The van der Waals surface area contributed by atoms with Crippen LogP contribution < -0.4 is 10.3 Å². The zero-order valence-corrected chi connectivity index (χ0v) is 16.2. The second kappa shape index (κ2) is 7.43. The lowest BCUT2D eigenvalue weighted by atomic mass is 10.1. The van der Waals surface area contributed by atoms with Gasteiger partial charge in [-0.15, -0.1) is 0 Å². The van der Waals surface area contributed by atoms with Gasteiger partial charge in [0, 0.05) is 33.1 Å². The number of aromatic amines is 1. The maximum atomic E-state index is 12.3. The number of aromatic nitrogens is 1. The molecule has 2 N–H and O–H groups in total. The molecule has 0 spiro atoms. The number of hydrogen-bond donors (Lipinski definition) is 2. The number of benzene rings is 2. The summed E-state index contributed by atoms with van der Waals surface area (Å²) in [6.07, 6.45) is 2.06. The molecule has 1 heterocycles. The van der Waals surface area contributed by atoms with E-state index in [0.717, 1.165) is 55.3 Å². The Morgan fingerprint density at radius 2 is 2.00 bits per heavy atom. The summed E-state index contributed by atoms with van der Waals surface area (Å²) in [6, 6.07) is 10.2. The highest BCUT2D eigenvalue weighted by molar-refractivity contribution is 7.97. The Hall–Kier alpha value is -1.82. The van der Waals surface area contributed by atoms with Crippen molar-refractivity contribution in [3.05, 3.63) is 51.8 Å². The number of hydrogen-bond acceptors (Lipinski definition) is 4. The van der Waals surface area contributed by atoms with Crippen molar-refractivity contribution in [2.75, 3.05) is 26.2 Å². The van der Waals surface area contributed by atoms with Gasteiger partial charge in [0.25, 0.3) is 5.56 Å². The van der Waals surface area contributed by atoms with Crippen molar-refractivity contribution in [1.82, 2.24) is 14.6 Å². The van der Waals surface area contributed by atoms with Gasteiger partial charge in [-0.1, -0.05) is 26.0 Å². The second-order valence-electron chi connectivity index (χ2n) is 6.81. The van der Waals surface area contributed by atoms with E-state index in [-0.39, 0.29) is 5.56 Å². The van der Waals surface area contributed by atoms with Crippen LogP contribution in [0.5, 0.6) is 0 Å². The van der Waals surface area contributed by atoms with Crippen molar-refractivity contribution in [1.29, 1.82) is 0 Å². The van der Waals surface area contributed by atoms with Crippen molar-refractivity contribution in [2.24, 2.45) is 0 Å². The van der Waals surface area contributed by atoms with Crippen LogP contribution in [0, 0.1) is 0 Å². The van der Waals surface area contributed by atoms with Crippen LogP contribution in [0.3, 0.4) is 0 Å². The van der Waals surface area contributed by atoms with Gasteiger partial charge in [-0.2, -0.15) is 0 Å². The molecule has 0 atom stereocenters. The number of H-pyrrole nitrogens is 1. The largest absolute Gasteiger partial charge is 0.321 e. The van der Waals surface area contributed by atoms with E-state index in [1.807, 2.05) is 18.2 Å². The average molecular weight is 368 g/mol. The van der Waals surface area contributed by atoms with E-state index in [0.29, 0.717) is 0 Å². The van der Waals surface area contributed by atoms with Gasteiger partial charge < -0.3 is 9.88 Å². The van der Waals surface area contributed by atoms with Crippen molar-refractivity contribution in [2.45, 2.75) is 31.6 Å². The Balaban J connectivity index is 1.54. The molecule has 5 heteroatoms. The van der Waals surface area contributed by atoms with Crippen molar-refractivity contribution in [3.63, 3.8) is 0 Å². The van der Waals surface area contributed by atoms with Gasteiger partial charge in [-0.25, -0.2) is 0 Å². The molecule has 1 aliphatic rings. The highest BCUT2D eigenvalue weighted by Gasteiger charge is 2.21. The molecule has 0 saturated carbocycles. The fourth-order valence-electron chi connectivity index (χ4n) is 3.94. The monoisotopic (exact) mass is 367 g/mol. The smallest absolute Gasteiger partial charge is 0.256 e. The van der Waals surface area contributed by atoms with Gasteiger partial charge in [-0.3, -0.25) is 9.52 Å². The summed E-state index contributed by atoms with van der Waals surface area (Å²) in [4.78, 5) is 19.1. The van der Waals surface area contributed by atoms with E-state index in [9.17, 15) is 4.79 Å². The number of pyridine rings is 1. The predicted molar refractivity (Wildman–Crippen MR) is 111 cm³/mol. The van der Waals surface area contributed by atoms with Gasteiger partial charge in [0.05, 0.1) is 0 Å². The van der Waals surface area contributed by atoms with Crippen LogP contribution in [0.15, 0.2) is 40.0 Å². The van der Waals surface area contributed by atoms with Crippen LogP contribution in [0.2, 0.25) is 0 Å². The molecule has 2 aromatic carbocycles. The van der Waals surface area contributed by atoms with Crippen LogP contribution >= 0.6 is 11.9 Å². The van der Waals surface area contributed by atoms with Gasteiger partial charge in [0.2, 0.25) is 0 Å². The molecule has 0 amide bonds. The minimum Gasteiger partial charge on any atom is -0.321 e. The summed E-state index contributed by atoms with van der Waals surface area (Å²) >= 11 is 1.72. The minimum absolute atomic E-state index is 0.0112. The van der Waals surface area contributed by atoms with Crippen LogP contribution in [0.1, 0.15) is 31.4 Å². The summed E-state index contributed by atoms with van der Waals surface area (Å²) in [5.74, 6) is 0. The Labute approximate surface area is 158 Å². The second-order valence-corrected chi connectivity index (χ2v) is 7.74. The zero-order chi connectivity index (χ0) is 18.1. The van der Waals surface area contributed by atoms with Crippen LogP contribution in [-0.4, -0.2) is 36.1 Å². The molecule has 0 unspecified atom stereocenters. The molecule has 0 radical (unpaired) electrons. The molecule has 0 saturated heterocycles. The Morgan fingerprint density at radius 3 is 2.81 bits per heavy atom. The zero-order valence-electron chi connectivity index (χ0n) is 15.4. The number of rotatable bonds is 8. The summed E-state index contributed by atoms with van der Waals surface area (Å²) in [5.41, 5.74) is 3.57. The van der Waals surface area contributed by atoms with E-state index in [4.69, 9.17) is 0 Å². The third-order valence-corrected chi connectivity index (χ3v) is 6.31. The SMILES string of the molecule is CCN(CC)CCCNSc1ccc2[nH]c(=O)c3cccc4c3c2c1C4. The number of nitrogens with one attached hydrogen (secondary N) is 2. The molecule has 0 aliphatic heterocycles. The lowest BCUT2D eigenvalue weighted by Crippen LogP contribution is -2.25. The molecule has 0 fully saturated rings. The molecule has 4 rings (SSSR count). The van der Waals surface area contributed by atoms with Gasteiger partial charge in [0.1, 0.15) is 0 Å². The maximum Gasteiger partial charge on any atom is 0.256 e. The van der Waals surface area contributed by atoms with E-state index in [1.165, 1.54) is 21.4 Å². The highest BCUT2D eigenvalue weighted by Crippen LogP contribution is 2.40. The van der Waals surface area contributed by atoms with Crippen LogP contribution in [0.25, 0.3) is 21.7 Å². The topological polar surface area (TPSA) is 48.1 Å². The highest BCUT2D eigenvalue weighted by atomic mass is 32.2. The molecule has 1 aliphatic carbocycles. The van der Waals surface area contributed by atoms with E-state index < -0.39 is 0 Å². The fraction of sp³-hybridized carbons (Fsp3) is 0.381. The Morgan fingerprint density at radius 1 is 1.15 bits per heavy atom. The standard InChI is InChI=1S/C21H25N3OS/c1-3-24(4-2)12-6-11-22-26-18-10-9-17-20-16(18)13-14-7-5-8-15(19(14)20)21(25)23-17/h5,7-10,22H,3-4,6,11-13H2,1-2H3,(H,23,25). The molecule has 26 heavy (non-hydrogen) atoms. The molecule has 1 aromatic heterocycles. The summed E-state index contributed by atoms with van der Waals surface area (Å²) < 4.78 is 3.53. The summed E-state index contributed by atoms with van der Waals surface area (Å²) in [7, 11) is 0. The molecule has 136 valence electrons. The normalized spacial score (nSPS) is 12.9. The Kier molecular flexibility index (Phi) is 5.02. The lowest BCUT2D eigenvalue weighted by molar-refractivity contribution is 0.301. The Bertz CT molecular complexity index is 1010. The summed E-state index contributed by atoms with van der Waals surface area (Å²) in [6.45, 7) is 8.79. The molecule has 3 aromatic rings. The van der Waals surface area contributed by atoms with Crippen molar-refractivity contribution < 1.29 is 0 Å². The number of nitrogens with zero attached hydrogens (tertiary/aromatic N) is 1. The van der Waals surface area contributed by atoms with Crippen molar-refractivity contribution in [3.8, 4) is 0 Å². The average Bonchev–Trinajstić information content (AvgIpc) is 3.06. The van der Waals surface area contributed by atoms with Crippen LogP contribution in [-0.2, 0) is 6.42 Å². The lowest BCUT2D eigenvalue weighted by Gasteiger charge is -2.17. The maximum absolute atomic E-state index is 12.3. The summed E-state index contributed by atoms with van der Waals surface area (Å²) in [5, 5.41) is 3.18. The predicted octanol–water partition coefficient (Wildman–Crippen LogP) is 3.91. The van der Waals surface area contributed by atoms with Crippen molar-refractivity contribution >= 4 is 33.6 Å². The molecule has 4 nitrogen and oxygen atoms in total. The fourth-order valence-corrected chi connectivity index (χ4v) is 4.78. The minimum atomic E-state index is 0.0112.